The fourth-order valence-corrected chi connectivity index (χ4v) is 5.35. The highest BCUT2D eigenvalue weighted by molar-refractivity contribution is 7.89. The Bertz CT molecular complexity index is 1030. The van der Waals surface area contributed by atoms with Gasteiger partial charge in [0.25, 0.3) is 0 Å². The molecule has 0 saturated carbocycles. The van der Waals surface area contributed by atoms with Gasteiger partial charge in [0.15, 0.2) is 0 Å². The average Bonchev–Trinajstić information content (AvgIpc) is 3.04. The average molecular weight is 458 g/mol. The van der Waals surface area contributed by atoms with E-state index in [1.807, 2.05) is 31.2 Å². The molecule has 1 saturated heterocycles. The second-order valence-electron chi connectivity index (χ2n) is 8.26. The lowest BCUT2D eigenvalue weighted by atomic mass is 10.0. The summed E-state index contributed by atoms with van der Waals surface area (Å²) in [4.78, 5) is 24.5. The van der Waals surface area contributed by atoms with Gasteiger partial charge in [-0.15, -0.1) is 0 Å². The number of aryl methyl sites for hydroxylation is 1. The van der Waals surface area contributed by atoms with E-state index in [9.17, 15) is 18.0 Å². The number of rotatable bonds is 7. The van der Waals surface area contributed by atoms with Crippen molar-refractivity contribution in [2.75, 3.05) is 18.4 Å². The molecule has 1 aliphatic rings. The number of nitrogens with one attached hydrogen (secondary N) is 2. The predicted octanol–water partition coefficient (Wildman–Crippen LogP) is 3.77. The number of sulfonamides is 1. The van der Waals surface area contributed by atoms with Crippen LogP contribution in [0.1, 0.15) is 56.2 Å². The fourth-order valence-electron chi connectivity index (χ4n) is 3.84. The van der Waals surface area contributed by atoms with Crippen molar-refractivity contribution >= 4 is 27.5 Å². The molecule has 32 heavy (non-hydrogen) atoms. The van der Waals surface area contributed by atoms with E-state index >= 15 is 0 Å². The molecule has 1 atom stereocenters. The Kier molecular flexibility index (Phi) is 8.04. The molecule has 7 nitrogen and oxygen atoms in total. The minimum atomic E-state index is -3.53. The molecule has 1 aliphatic heterocycles. The molecule has 2 aromatic rings. The summed E-state index contributed by atoms with van der Waals surface area (Å²) in [6, 6.07) is 13.5. The van der Waals surface area contributed by atoms with E-state index in [4.69, 9.17) is 0 Å². The van der Waals surface area contributed by atoms with E-state index in [0.717, 1.165) is 36.8 Å². The fraction of sp³-hybridized carbons (Fsp3) is 0.417. The van der Waals surface area contributed by atoms with E-state index in [-0.39, 0.29) is 23.1 Å². The number of benzene rings is 2. The van der Waals surface area contributed by atoms with E-state index in [0.29, 0.717) is 18.8 Å². The first kappa shape index (κ1) is 23.9. The quantitative estimate of drug-likeness (QED) is 0.662. The number of carbonyl (C=O) groups excluding carboxylic acids is 2. The molecule has 2 amide bonds. The Morgan fingerprint density at radius 3 is 2.09 bits per heavy atom. The van der Waals surface area contributed by atoms with Gasteiger partial charge < -0.3 is 10.6 Å². The van der Waals surface area contributed by atoms with Crippen molar-refractivity contribution in [1.29, 1.82) is 0 Å². The minimum absolute atomic E-state index is 0.0659. The standard InChI is InChI=1S/C24H31N3O4S/c1-18-7-9-20(10-8-18)23(25-19(2)28)17-24(29)26-21-11-13-22(14-12-21)32(30,31)27-15-5-3-4-6-16-27/h7-14,23H,3-6,15-17H2,1-2H3,(H,25,28)(H,26,29). The largest absolute Gasteiger partial charge is 0.349 e. The van der Waals surface area contributed by atoms with Crippen molar-refractivity contribution in [1.82, 2.24) is 9.62 Å². The Morgan fingerprint density at radius 2 is 1.53 bits per heavy atom. The first-order valence-corrected chi connectivity index (χ1v) is 12.4. The molecule has 1 fully saturated rings. The van der Waals surface area contributed by atoms with Crippen LogP contribution in [0.2, 0.25) is 0 Å². The van der Waals surface area contributed by atoms with Gasteiger partial charge in [-0.05, 0) is 49.6 Å². The van der Waals surface area contributed by atoms with Crippen LogP contribution in [0.25, 0.3) is 0 Å². The molecule has 1 unspecified atom stereocenters. The van der Waals surface area contributed by atoms with E-state index in [2.05, 4.69) is 10.6 Å². The topological polar surface area (TPSA) is 95.6 Å². The minimum Gasteiger partial charge on any atom is -0.349 e. The highest BCUT2D eigenvalue weighted by Crippen LogP contribution is 2.23. The monoisotopic (exact) mass is 457 g/mol. The lowest BCUT2D eigenvalue weighted by molar-refractivity contribution is -0.120. The van der Waals surface area contributed by atoms with Crippen molar-refractivity contribution in [3.63, 3.8) is 0 Å². The molecular formula is C24H31N3O4S. The number of hydrogen-bond donors (Lipinski definition) is 2. The summed E-state index contributed by atoms with van der Waals surface area (Å²) in [5.74, 6) is -0.487. The third kappa shape index (κ3) is 6.40. The maximum absolute atomic E-state index is 12.9. The molecule has 172 valence electrons. The third-order valence-corrected chi connectivity index (χ3v) is 7.50. The molecule has 1 heterocycles. The first-order valence-electron chi connectivity index (χ1n) is 11.0. The van der Waals surface area contributed by atoms with Gasteiger partial charge in [0.05, 0.1) is 17.4 Å². The highest BCUT2D eigenvalue weighted by atomic mass is 32.2. The van der Waals surface area contributed by atoms with Gasteiger partial charge in [-0.1, -0.05) is 42.7 Å². The smallest absolute Gasteiger partial charge is 0.243 e. The summed E-state index contributed by atoms with van der Waals surface area (Å²) in [6.07, 6.45) is 3.93. The Hall–Kier alpha value is -2.71. The Balaban J connectivity index is 1.66. The summed E-state index contributed by atoms with van der Waals surface area (Å²) in [5, 5.41) is 5.61. The molecule has 0 spiro atoms. The summed E-state index contributed by atoms with van der Waals surface area (Å²) in [7, 11) is -3.53. The van der Waals surface area contributed by atoms with Gasteiger partial charge in [-0.25, -0.2) is 8.42 Å². The molecular weight excluding hydrogens is 426 g/mol. The molecule has 2 aromatic carbocycles. The number of carbonyl (C=O) groups is 2. The number of amides is 2. The van der Waals surface area contributed by atoms with Crippen LogP contribution in [0.5, 0.6) is 0 Å². The maximum atomic E-state index is 12.9. The third-order valence-electron chi connectivity index (χ3n) is 5.59. The molecule has 0 aliphatic carbocycles. The maximum Gasteiger partial charge on any atom is 0.243 e. The van der Waals surface area contributed by atoms with Crippen molar-refractivity contribution in [2.24, 2.45) is 0 Å². The molecule has 0 aromatic heterocycles. The highest BCUT2D eigenvalue weighted by Gasteiger charge is 2.25. The zero-order chi connectivity index (χ0) is 23.1. The second-order valence-corrected chi connectivity index (χ2v) is 10.2. The summed E-state index contributed by atoms with van der Waals surface area (Å²) >= 11 is 0. The van der Waals surface area contributed by atoms with E-state index < -0.39 is 16.1 Å². The van der Waals surface area contributed by atoms with Gasteiger partial charge in [-0.3, -0.25) is 9.59 Å². The predicted molar refractivity (Wildman–Crippen MR) is 125 cm³/mol. The van der Waals surface area contributed by atoms with Crippen LogP contribution < -0.4 is 10.6 Å². The van der Waals surface area contributed by atoms with Gasteiger partial charge in [0.1, 0.15) is 0 Å². The molecule has 3 rings (SSSR count). The van der Waals surface area contributed by atoms with Gasteiger partial charge in [-0.2, -0.15) is 4.31 Å². The van der Waals surface area contributed by atoms with Gasteiger partial charge in [0.2, 0.25) is 21.8 Å². The SMILES string of the molecule is CC(=O)NC(CC(=O)Nc1ccc(S(=O)(=O)N2CCCCCC2)cc1)c1ccc(C)cc1. The zero-order valence-corrected chi connectivity index (χ0v) is 19.5. The number of anilines is 1. The lowest BCUT2D eigenvalue weighted by Gasteiger charge is -2.20. The van der Waals surface area contributed by atoms with Crippen molar-refractivity contribution in [3.8, 4) is 0 Å². The van der Waals surface area contributed by atoms with E-state index in [1.165, 1.54) is 19.1 Å². The Labute approximate surface area is 190 Å². The number of hydrogen-bond acceptors (Lipinski definition) is 4. The Morgan fingerprint density at radius 1 is 0.938 bits per heavy atom. The zero-order valence-electron chi connectivity index (χ0n) is 18.6. The normalized spacial score (nSPS) is 16.1. The molecule has 0 radical (unpaired) electrons. The summed E-state index contributed by atoms with van der Waals surface area (Å²) in [5.41, 5.74) is 2.45. The van der Waals surface area contributed by atoms with Crippen LogP contribution >= 0.6 is 0 Å². The van der Waals surface area contributed by atoms with Crippen molar-refractivity contribution < 1.29 is 18.0 Å². The number of nitrogens with zero attached hydrogens (tertiary/aromatic N) is 1. The molecule has 0 bridgehead atoms. The van der Waals surface area contributed by atoms with E-state index in [1.54, 1.807) is 16.4 Å². The van der Waals surface area contributed by atoms with Crippen molar-refractivity contribution in [2.45, 2.75) is 56.9 Å². The van der Waals surface area contributed by atoms with Crippen LogP contribution in [-0.4, -0.2) is 37.6 Å². The first-order chi connectivity index (χ1) is 15.3. The van der Waals surface area contributed by atoms with Crippen LogP contribution in [0.15, 0.2) is 53.4 Å². The summed E-state index contributed by atoms with van der Waals surface area (Å²) < 4.78 is 27.4. The molecule has 2 N–H and O–H groups in total. The van der Waals surface area contributed by atoms with Crippen LogP contribution in [-0.2, 0) is 19.6 Å². The lowest BCUT2D eigenvalue weighted by Crippen LogP contribution is -2.32. The van der Waals surface area contributed by atoms with Crippen molar-refractivity contribution in [3.05, 3.63) is 59.7 Å². The van der Waals surface area contributed by atoms with Crippen LogP contribution in [0, 0.1) is 6.92 Å². The summed E-state index contributed by atoms with van der Waals surface area (Å²) in [6.45, 7) is 4.48. The van der Waals surface area contributed by atoms with Gasteiger partial charge >= 0.3 is 0 Å². The van der Waals surface area contributed by atoms with Crippen LogP contribution in [0.4, 0.5) is 5.69 Å². The molecule has 8 heteroatoms. The van der Waals surface area contributed by atoms with Crippen LogP contribution in [0.3, 0.4) is 0 Å². The van der Waals surface area contributed by atoms with Gasteiger partial charge in [0, 0.05) is 25.7 Å². The second kappa shape index (κ2) is 10.7.